The number of aromatic carboxylic acids is 1. The zero-order valence-corrected chi connectivity index (χ0v) is 14.5. The Kier molecular flexibility index (Phi) is 4.02. The number of ether oxygens (including phenoxy) is 1. The van der Waals surface area contributed by atoms with E-state index < -0.39 is 11.8 Å². The highest BCUT2D eigenvalue weighted by molar-refractivity contribution is 5.99. The Morgan fingerprint density at radius 3 is 3.04 bits per heavy atom. The van der Waals surface area contributed by atoms with Crippen molar-refractivity contribution < 1.29 is 19.0 Å². The maximum atomic E-state index is 13.8. The minimum atomic E-state index is -1.19. The summed E-state index contributed by atoms with van der Waals surface area (Å²) in [5.74, 6) is -0.826. The number of methoxy groups -OCH3 is 1. The van der Waals surface area contributed by atoms with Crippen LogP contribution in [0.15, 0.2) is 24.5 Å². The first-order chi connectivity index (χ1) is 13.0. The molecule has 1 fully saturated rings. The molecule has 4 heterocycles. The Balaban J connectivity index is 1.80. The molecule has 1 saturated heterocycles. The maximum Gasteiger partial charge on any atom is 0.343 e. The number of nitrogen functional groups attached to an aromatic ring is 1. The molecule has 9 nitrogen and oxygen atoms in total. The van der Waals surface area contributed by atoms with Gasteiger partial charge >= 0.3 is 5.97 Å². The van der Waals surface area contributed by atoms with E-state index in [-0.39, 0.29) is 23.1 Å². The predicted octanol–water partition coefficient (Wildman–Crippen LogP) is 1.89. The van der Waals surface area contributed by atoms with Gasteiger partial charge in [-0.1, -0.05) is 0 Å². The number of fused-ring (bicyclic) bond motifs is 1. The summed E-state index contributed by atoms with van der Waals surface area (Å²) in [5.41, 5.74) is 6.34. The molecule has 3 N–H and O–H groups in total. The third kappa shape index (κ3) is 2.78. The number of rotatable bonds is 4. The largest absolute Gasteiger partial charge is 0.481 e. The first kappa shape index (κ1) is 17.0. The lowest BCUT2D eigenvalue weighted by Gasteiger charge is -2.26. The van der Waals surface area contributed by atoms with Crippen LogP contribution in [0.4, 0.5) is 16.0 Å². The molecule has 0 radical (unpaired) electrons. The molecule has 3 aromatic rings. The van der Waals surface area contributed by atoms with Gasteiger partial charge in [0.05, 0.1) is 19.3 Å². The van der Waals surface area contributed by atoms with Crippen molar-refractivity contribution in [2.45, 2.75) is 18.9 Å². The average molecular weight is 372 g/mol. The van der Waals surface area contributed by atoms with Gasteiger partial charge in [-0.25, -0.2) is 23.7 Å². The smallest absolute Gasteiger partial charge is 0.343 e. The van der Waals surface area contributed by atoms with Gasteiger partial charge in [0, 0.05) is 18.3 Å². The van der Waals surface area contributed by atoms with Gasteiger partial charge in [-0.3, -0.25) is 0 Å². The summed E-state index contributed by atoms with van der Waals surface area (Å²) >= 11 is 0. The van der Waals surface area contributed by atoms with Crippen molar-refractivity contribution in [1.29, 1.82) is 0 Å². The summed E-state index contributed by atoms with van der Waals surface area (Å²) in [6.45, 7) is 0.680. The normalized spacial score (nSPS) is 16.8. The molecular formula is C17H17FN6O3. The number of carboxylic acid groups (broad SMARTS) is 1. The second-order valence-corrected chi connectivity index (χ2v) is 6.22. The molecule has 4 rings (SSSR count). The summed E-state index contributed by atoms with van der Waals surface area (Å²) in [7, 11) is 1.49. The van der Waals surface area contributed by atoms with Crippen LogP contribution in [0.1, 0.15) is 34.8 Å². The fraction of sp³-hybridized carbons (Fsp3) is 0.294. The maximum absolute atomic E-state index is 13.8. The van der Waals surface area contributed by atoms with Gasteiger partial charge in [0.2, 0.25) is 5.88 Å². The predicted molar refractivity (Wildman–Crippen MR) is 94.4 cm³/mol. The minimum Gasteiger partial charge on any atom is -0.481 e. The van der Waals surface area contributed by atoms with E-state index in [1.54, 1.807) is 12.3 Å². The number of hydrogen-bond donors (Lipinski definition) is 2. The number of halogens is 1. The van der Waals surface area contributed by atoms with Crippen molar-refractivity contribution in [2.75, 3.05) is 24.3 Å². The lowest BCUT2D eigenvalue weighted by Crippen LogP contribution is -2.24. The van der Waals surface area contributed by atoms with Gasteiger partial charge in [0.15, 0.2) is 11.5 Å². The number of hydrogen-bond acceptors (Lipinski definition) is 7. The van der Waals surface area contributed by atoms with Crippen LogP contribution in [0.25, 0.3) is 5.65 Å². The van der Waals surface area contributed by atoms with E-state index in [1.807, 2.05) is 4.90 Å². The molecular weight excluding hydrogens is 355 g/mol. The fourth-order valence-electron chi connectivity index (χ4n) is 3.52. The number of anilines is 2. The highest BCUT2D eigenvalue weighted by Gasteiger charge is 2.31. The Morgan fingerprint density at radius 1 is 1.48 bits per heavy atom. The quantitative estimate of drug-likeness (QED) is 0.713. The zero-order valence-electron chi connectivity index (χ0n) is 14.5. The minimum absolute atomic E-state index is 0.0962. The number of carboxylic acids is 1. The molecule has 10 heteroatoms. The fourth-order valence-corrected chi connectivity index (χ4v) is 3.52. The number of aromatic nitrogens is 4. The molecule has 1 aliphatic heterocycles. The van der Waals surface area contributed by atoms with Crippen molar-refractivity contribution in [3.8, 4) is 5.88 Å². The second kappa shape index (κ2) is 6.38. The number of pyridine rings is 1. The molecule has 0 aromatic carbocycles. The SMILES string of the molecule is COc1ncc(F)cc1[C@H]1CCCN1c1ccn2nc(N)c(C(=O)O)c2n1. The molecule has 0 saturated carbocycles. The molecule has 1 atom stereocenters. The topological polar surface area (TPSA) is 119 Å². The Labute approximate surface area is 153 Å². The molecule has 3 aromatic heterocycles. The van der Waals surface area contributed by atoms with Crippen LogP contribution in [-0.4, -0.2) is 44.3 Å². The summed E-state index contributed by atoms with van der Waals surface area (Å²) in [5, 5.41) is 13.4. The molecule has 0 amide bonds. The van der Waals surface area contributed by atoms with E-state index >= 15 is 0 Å². The van der Waals surface area contributed by atoms with Gasteiger partial charge in [-0.2, -0.15) is 0 Å². The molecule has 27 heavy (non-hydrogen) atoms. The molecule has 0 unspecified atom stereocenters. The van der Waals surface area contributed by atoms with Crippen molar-refractivity contribution in [2.24, 2.45) is 0 Å². The number of nitrogens with zero attached hydrogens (tertiary/aromatic N) is 5. The number of nitrogens with two attached hydrogens (primary N) is 1. The molecule has 0 aliphatic carbocycles. The van der Waals surface area contributed by atoms with Crippen molar-refractivity contribution in [1.82, 2.24) is 19.6 Å². The van der Waals surface area contributed by atoms with E-state index in [4.69, 9.17) is 10.5 Å². The first-order valence-electron chi connectivity index (χ1n) is 8.34. The van der Waals surface area contributed by atoms with Gasteiger partial charge in [-0.15, -0.1) is 5.10 Å². The van der Waals surface area contributed by atoms with Crippen LogP contribution in [0.5, 0.6) is 5.88 Å². The average Bonchev–Trinajstić information content (AvgIpc) is 3.24. The first-order valence-corrected chi connectivity index (χ1v) is 8.34. The van der Waals surface area contributed by atoms with Gasteiger partial charge in [-0.05, 0) is 25.0 Å². The standard InChI is InChI=1S/C17H17FN6O3/c1-27-16-10(7-9(18)8-20-16)11-3-2-5-23(11)12-4-6-24-15(21-12)13(17(25)26)14(19)22-24/h4,6-8,11H,2-3,5H2,1H3,(H2,19,22)(H,25,26)/t11-/m1/s1. The van der Waals surface area contributed by atoms with Crippen LogP contribution in [-0.2, 0) is 0 Å². The lowest BCUT2D eigenvalue weighted by molar-refractivity contribution is 0.0700. The van der Waals surface area contributed by atoms with E-state index in [0.717, 1.165) is 19.0 Å². The Bertz CT molecular complexity index is 1040. The van der Waals surface area contributed by atoms with Crippen LogP contribution in [0.2, 0.25) is 0 Å². The van der Waals surface area contributed by atoms with E-state index in [0.29, 0.717) is 23.8 Å². The highest BCUT2D eigenvalue weighted by atomic mass is 19.1. The third-order valence-corrected chi connectivity index (χ3v) is 4.66. The second-order valence-electron chi connectivity index (χ2n) is 6.22. The van der Waals surface area contributed by atoms with E-state index in [2.05, 4.69) is 15.1 Å². The third-order valence-electron chi connectivity index (χ3n) is 4.66. The van der Waals surface area contributed by atoms with Gasteiger partial charge in [0.25, 0.3) is 0 Å². The van der Waals surface area contributed by atoms with Crippen molar-refractivity contribution >= 4 is 23.3 Å². The Morgan fingerprint density at radius 2 is 2.30 bits per heavy atom. The van der Waals surface area contributed by atoms with Crippen LogP contribution in [0, 0.1) is 5.82 Å². The monoisotopic (exact) mass is 372 g/mol. The van der Waals surface area contributed by atoms with Gasteiger partial charge in [0.1, 0.15) is 17.2 Å². The summed E-state index contributed by atoms with van der Waals surface area (Å²) in [6.07, 6.45) is 4.35. The molecule has 0 spiro atoms. The molecule has 140 valence electrons. The van der Waals surface area contributed by atoms with Gasteiger partial charge < -0.3 is 20.5 Å². The van der Waals surface area contributed by atoms with Crippen molar-refractivity contribution in [3.63, 3.8) is 0 Å². The summed E-state index contributed by atoms with van der Waals surface area (Å²) < 4.78 is 20.4. The van der Waals surface area contributed by atoms with E-state index in [1.165, 1.54) is 17.7 Å². The number of carbonyl (C=O) groups is 1. The molecule has 0 bridgehead atoms. The molecule has 1 aliphatic rings. The zero-order chi connectivity index (χ0) is 19.1. The summed E-state index contributed by atoms with van der Waals surface area (Å²) in [4.78, 5) is 21.9. The van der Waals surface area contributed by atoms with Crippen LogP contribution < -0.4 is 15.4 Å². The van der Waals surface area contributed by atoms with Crippen LogP contribution >= 0.6 is 0 Å². The van der Waals surface area contributed by atoms with Crippen LogP contribution in [0.3, 0.4) is 0 Å². The Hall–Kier alpha value is -3.43. The lowest BCUT2D eigenvalue weighted by atomic mass is 10.1. The van der Waals surface area contributed by atoms with Crippen molar-refractivity contribution in [3.05, 3.63) is 41.5 Å². The summed E-state index contributed by atoms with van der Waals surface area (Å²) in [6, 6.07) is 2.95. The van der Waals surface area contributed by atoms with E-state index in [9.17, 15) is 14.3 Å². The highest BCUT2D eigenvalue weighted by Crippen LogP contribution is 2.39.